The SMILES string of the molecule is CCCN(CC(F)(F)F)c1nc(C)cc(C)c1CCl. The van der Waals surface area contributed by atoms with Crippen LogP contribution >= 0.6 is 11.6 Å². The quantitative estimate of drug-likeness (QED) is 0.756. The lowest BCUT2D eigenvalue weighted by atomic mass is 10.1. The van der Waals surface area contributed by atoms with Crippen LogP contribution in [-0.4, -0.2) is 24.2 Å². The highest BCUT2D eigenvalue weighted by Gasteiger charge is 2.32. The van der Waals surface area contributed by atoms with E-state index >= 15 is 0 Å². The van der Waals surface area contributed by atoms with Gasteiger partial charge in [0, 0.05) is 17.8 Å². The lowest BCUT2D eigenvalue weighted by Crippen LogP contribution is -2.36. The molecule has 6 heteroatoms. The zero-order valence-electron chi connectivity index (χ0n) is 11.3. The van der Waals surface area contributed by atoms with Crippen LogP contribution in [-0.2, 0) is 5.88 Å². The largest absolute Gasteiger partial charge is 0.405 e. The van der Waals surface area contributed by atoms with E-state index in [1.807, 2.05) is 19.9 Å². The van der Waals surface area contributed by atoms with Crippen LogP contribution in [0, 0.1) is 13.8 Å². The molecule has 0 spiro atoms. The second kappa shape index (κ2) is 6.46. The Bertz CT molecular complexity index is 433. The van der Waals surface area contributed by atoms with Gasteiger partial charge in [-0.3, -0.25) is 0 Å². The van der Waals surface area contributed by atoms with Crippen LogP contribution in [0.1, 0.15) is 30.2 Å². The van der Waals surface area contributed by atoms with Crippen LogP contribution in [0.2, 0.25) is 0 Å². The van der Waals surface area contributed by atoms with Crippen LogP contribution in [0.5, 0.6) is 0 Å². The third kappa shape index (κ3) is 4.56. The molecule has 0 radical (unpaired) electrons. The van der Waals surface area contributed by atoms with Gasteiger partial charge in [0.1, 0.15) is 12.4 Å². The molecular formula is C13H18ClF3N2. The molecule has 1 heterocycles. The Morgan fingerprint density at radius 3 is 2.42 bits per heavy atom. The number of hydrogen-bond donors (Lipinski definition) is 0. The second-order valence-corrected chi connectivity index (χ2v) is 4.82. The first-order valence-corrected chi connectivity index (χ1v) is 6.66. The van der Waals surface area contributed by atoms with Crippen LogP contribution < -0.4 is 4.90 Å². The average Bonchev–Trinajstić information content (AvgIpc) is 2.25. The van der Waals surface area contributed by atoms with Crippen molar-refractivity contribution in [1.82, 2.24) is 4.98 Å². The maximum absolute atomic E-state index is 12.6. The first kappa shape index (κ1) is 16.1. The van der Waals surface area contributed by atoms with Crippen molar-refractivity contribution in [3.8, 4) is 0 Å². The van der Waals surface area contributed by atoms with Crippen LogP contribution in [0.15, 0.2) is 6.07 Å². The van der Waals surface area contributed by atoms with E-state index in [9.17, 15) is 13.2 Å². The van der Waals surface area contributed by atoms with E-state index in [0.29, 0.717) is 30.0 Å². The predicted octanol–water partition coefficient (Wildman–Crippen LogP) is 4.22. The minimum absolute atomic E-state index is 0.159. The summed E-state index contributed by atoms with van der Waals surface area (Å²) in [5.41, 5.74) is 2.25. The molecule has 1 aromatic rings. The van der Waals surface area contributed by atoms with Crippen molar-refractivity contribution in [3.63, 3.8) is 0 Å². The smallest absolute Gasteiger partial charge is 0.347 e. The second-order valence-electron chi connectivity index (χ2n) is 4.55. The number of aromatic nitrogens is 1. The molecule has 0 bridgehead atoms. The van der Waals surface area contributed by atoms with E-state index < -0.39 is 12.7 Å². The van der Waals surface area contributed by atoms with Gasteiger partial charge in [0.2, 0.25) is 0 Å². The average molecular weight is 295 g/mol. The van der Waals surface area contributed by atoms with Crippen molar-refractivity contribution in [2.24, 2.45) is 0 Å². The molecule has 1 rings (SSSR count). The molecule has 0 saturated heterocycles. The van der Waals surface area contributed by atoms with Gasteiger partial charge in [-0.05, 0) is 31.9 Å². The van der Waals surface area contributed by atoms with Gasteiger partial charge in [0.05, 0.1) is 5.88 Å². The van der Waals surface area contributed by atoms with Crippen LogP contribution in [0.3, 0.4) is 0 Å². The molecule has 19 heavy (non-hydrogen) atoms. The molecule has 0 aliphatic rings. The molecule has 0 amide bonds. The van der Waals surface area contributed by atoms with E-state index in [0.717, 1.165) is 5.56 Å². The molecule has 0 atom stereocenters. The third-order valence-electron chi connectivity index (χ3n) is 2.75. The number of aryl methyl sites for hydroxylation is 2. The number of halogens is 4. The first-order chi connectivity index (χ1) is 8.78. The Kier molecular flexibility index (Phi) is 5.47. The number of nitrogens with zero attached hydrogens (tertiary/aromatic N) is 2. The molecule has 0 unspecified atom stereocenters. The van der Waals surface area contributed by atoms with Gasteiger partial charge in [-0.2, -0.15) is 13.2 Å². The fourth-order valence-electron chi connectivity index (χ4n) is 2.02. The lowest BCUT2D eigenvalue weighted by molar-refractivity contribution is -0.119. The van der Waals surface area contributed by atoms with Crippen molar-refractivity contribution >= 4 is 17.4 Å². The van der Waals surface area contributed by atoms with Crippen molar-refractivity contribution in [2.45, 2.75) is 39.2 Å². The van der Waals surface area contributed by atoms with Gasteiger partial charge in [-0.25, -0.2) is 4.98 Å². The minimum Gasteiger partial charge on any atom is -0.347 e. The molecule has 0 N–H and O–H groups in total. The molecule has 0 aliphatic heterocycles. The van der Waals surface area contributed by atoms with Gasteiger partial charge in [0.15, 0.2) is 0 Å². The van der Waals surface area contributed by atoms with E-state index in [1.165, 1.54) is 4.90 Å². The normalized spacial score (nSPS) is 11.7. The zero-order chi connectivity index (χ0) is 14.6. The van der Waals surface area contributed by atoms with E-state index in [4.69, 9.17) is 11.6 Å². The highest BCUT2D eigenvalue weighted by atomic mass is 35.5. The number of pyridine rings is 1. The number of rotatable bonds is 5. The van der Waals surface area contributed by atoms with Crippen LogP contribution in [0.25, 0.3) is 0 Å². The zero-order valence-corrected chi connectivity index (χ0v) is 12.1. The van der Waals surface area contributed by atoms with Gasteiger partial charge >= 0.3 is 6.18 Å². The summed E-state index contributed by atoms with van der Waals surface area (Å²) >= 11 is 5.86. The molecule has 108 valence electrons. The van der Waals surface area contributed by atoms with Gasteiger partial charge in [0.25, 0.3) is 0 Å². The summed E-state index contributed by atoms with van der Waals surface area (Å²) in [5.74, 6) is 0.513. The molecular weight excluding hydrogens is 277 g/mol. The summed E-state index contributed by atoms with van der Waals surface area (Å²) in [6, 6.07) is 1.83. The Morgan fingerprint density at radius 1 is 1.32 bits per heavy atom. The van der Waals surface area contributed by atoms with Gasteiger partial charge < -0.3 is 4.90 Å². The summed E-state index contributed by atoms with van der Waals surface area (Å²) in [7, 11) is 0. The summed E-state index contributed by atoms with van der Waals surface area (Å²) in [6.45, 7) is 4.76. The van der Waals surface area contributed by atoms with Crippen molar-refractivity contribution in [3.05, 3.63) is 22.9 Å². The number of anilines is 1. The molecule has 0 saturated carbocycles. The maximum Gasteiger partial charge on any atom is 0.405 e. The van der Waals surface area contributed by atoms with Crippen LogP contribution in [0.4, 0.5) is 19.0 Å². The minimum atomic E-state index is -4.25. The third-order valence-corrected chi connectivity index (χ3v) is 3.02. The van der Waals surface area contributed by atoms with Gasteiger partial charge in [-0.1, -0.05) is 6.92 Å². The van der Waals surface area contributed by atoms with Crippen molar-refractivity contribution < 1.29 is 13.2 Å². The Morgan fingerprint density at radius 2 is 1.95 bits per heavy atom. The molecule has 0 fully saturated rings. The van der Waals surface area contributed by atoms with Gasteiger partial charge in [-0.15, -0.1) is 11.6 Å². The lowest BCUT2D eigenvalue weighted by Gasteiger charge is -2.27. The van der Waals surface area contributed by atoms with E-state index in [1.54, 1.807) is 6.92 Å². The topological polar surface area (TPSA) is 16.1 Å². The van der Waals surface area contributed by atoms with E-state index in [2.05, 4.69) is 4.98 Å². The fraction of sp³-hybridized carbons (Fsp3) is 0.615. The Balaban J connectivity index is 3.21. The molecule has 0 aliphatic carbocycles. The maximum atomic E-state index is 12.6. The summed E-state index contributed by atoms with van der Waals surface area (Å²) in [4.78, 5) is 5.51. The highest BCUT2D eigenvalue weighted by Crippen LogP contribution is 2.27. The molecule has 0 aromatic carbocycles. The fourth-order valence-corrected chi connectivity index (χ4v) is 2.35. The Labute approximate surface area is 116 Å². The summed E-state index contributed by atoms with van der Waals surface area (Å²) in [5, 5.41) is 0. The summed E-state index contributed by atoms with van der Waals surface area (Å²) in [6.07, 6.45) is -3.63. The monoisotopic (exact) mass is 294 g/mol. The summed E-state index contributed by atoms with van der Waals surface area (Å²) < 4.78 is 37.9. The highest BCUT2D eigenvalue weighted by molar-refractivity contribution is 6.17. The molecule has 1 aromatic heterocycles. The standard InChI is InChI=1S/C13H18ClF3N2/c1-4-5-19(8-13(15,16)17)12-11(7-14)9(2)6-10(3)18-12/h6H,4-5,7-8H2,1-3H3. The number of hydrogen-bond acceptors (Lipinski definition) is 2. The van der Waals surface area contributed by atoms with E-state index in [-0.39, 0.29) is 5.88 Å². The van der Waals surface area contributed by atoms with Crippen molar-refractivity contribution in [2.75, 3.05) is 18.0 Å². The Hall–Kier alpha value is -0.970. The molecule has 2 nitrogen and oxygen atoms in total. The number of alkyl halides is 4. The van der Waals surface area contributed by atoms with Crippen molar-refractivity contribution in [1.29, 1.82) is 0 Å². The first-order valence-electron chi connectivity index (χ1n) is 6.13. The predicted molar refractivity (Wildman–Crippen MR) is 71.8 cm³/mol.